The van der Waals surface area contributed by atoms with E-state index in [4.69, 9.17) is 4.98 Å². The minimum atomic E-state index is -0.180. The van der Waals surface area contributed by atoms with Crippen LogP contribution in [-0.4, -0.2) is 24.5 Å². The van der Waals surface area contributed by atoms with Gasteiger partial charge in [-0.2, -0.15) is 0 Å². The van der Waals surface area contributed by atoms with Crippen LogP contribution in [0.3, 0.4) is 0 Å². The maximum atomic E-state index is 13.6. The predicted octanol–water partition coefficient (Wildman–Crippen LogP) is 3.80. The van der Waals surface area contributed by atoms with Crippen molar-refractivity contribution < 1.29 is 4.39 Å². The number of guanidine groups is 1. The van der Waals surface area contributed by atoms with Crippen LogP contribution in [0.4, 0.5) is 4.39 Å². The number of aryl methyl sites for hydroxylation is 1. The fraction of sp³-hybridized carbons (Fsp3) is 0.474. The minimum Gasteiger partial charge on any atom is -0.356 e. The van der Waals surface area contributed by atoms with E-state index in [2.05, 4.69) is 41.8 Å². The van der Waals surface area contributed by atoms with Gasteiger partial charge in [0.25, 0.3) is 0 Å². The molecule has 0 unspecified atom stereocenters. The monoisotopic (exact) mass is 362 g/mol. The van der Waals surface area contributed by atoms with Crippen LogP contribution in [0.15, 0.2) is 28.6 Å². The van der Waals surface area contributed by atoms with Crippen LogP contribution in [0.2, 0.25) is 0 Å². The van der Waals surface area contributed by atoms with E-state index in [9.17, 15) is 4.39 Å². The molecule has 0 atom stereocenters. The van der Waals surface area contributed by atoms with E-state index in [1.807, 2.05) is 6.07 Å². The molecule has 0 aliphatic carbocycles. The third-order valence-electron chi connectivity index (χ3n) is 3.87. The summed E-state index contributed by atoms with van der Waals surface area (Å²) in [4.78, 5) is 8.89. The van der Waals surface area contributed by atoms with Gasteiger partial charge in [-0.3, -0.25) is 4.99 Å². The molecule has 0 spiro atoms. The molecule has 1 aromatic carbocycles. The van der Waals surface area contributed by atoms with Crippen LogP contribution in [0, 0.1) is 12.7 Å². The number of nitrogens with one attached hydrogen (secondary N) is 2. The van der Waals surface area contributed by atoms with Gasteiger partial charge in [0, 0.05) is 37.4 Å². The third-order valence-corrected chi connectivity index (χ3v) is 4.78. The number of hydrogen-bond donors (Lipinski definition) is 2. The quantitative estimate of drug-likeness (QED) is 0.628. The van der Waals surface area contributed by atoms with E-state index >= 15 is 0 Å². The standard InChI is InChI=1S/C19H27FN4S/c1-13-6-7-14(10-15(13)20)11-23-18(21-5)22-9-8-17-24-16(12-25-17)19(2,3)4/h6-7,10,12H,8-9,11H2,1-5H3,(H2,21,22,23). The Balaban J connectivity index is 1.80. The van der Waals surface area contributed by atoms with Gasteiger partial charge < -0.3 is 10.6 Å². The van der Waals surface area contributed by atoms with Gasteiger partial charge in [0.1, 0.15) is 5.82 Å². The van der Waals surface area contributed by atoms with Crippen molar-refractivity contribution in [3.8, 4) is 0 Å². The lowest BCUT2D eigenvalue weighted by Crippen LogP contribution is -2.37. The Morgan fingerprint density at radius 2 is 2.04 bits per heavy atom. The average Bonchev–Trinajstić information content (AvgIpc) is 3.03. The lowest BCUT2D eigenvalue weighted by Gasteiger charge is -2.14. The average molecular weight is 363 g/mol. The molecule has 2 aromatic rings. The number of nitrogens with zero attached hydrogens (tertiary/aromatic N) is 2. The summed E-state index contributed by atoms with van der Waals surface area (Å²) in [6.45, 7) is 9.55. The smallest absolute Gasteiger partial charge is 0.191 e. The number of benzene rings is 1. The number of aliphatic imine (C=N–C) groups is 1. The maximum Gasteiger partial charge on any atom is 0.191 e. The molecule has 2 rings (SSSR count). The fourth-order valence-corrected chi connectivity index (χ4v) is 3.24. The van der Waals surface area contributed by atoms with Gasteiger partial charge in [-0.05, 0) is 24.1 Å². The molecular formula is C19H27FN4S. The van der Waals surface area contributed by atoms with Crippen molar-refractivity contribution in [3.63, 3.8) is 0 Å². The third kappa shape index (κ3) is 5.81. The molecule has 0 aliphatic rings. The molecule has 136 valence electrons. The van der Waals surface area contributed by atoms with Crippen molar-refractivity contribution in [1.29, 1.82) is 0 Å². The lowest BCUT2D eigenvalue weighted by atomic mass is 9.93. The van der Waals surface area contributed by atoms with Crippen molar-refractivity contribution in [2.24, 2.45) is 4.99 Å². The highest BCUT2D eigenvalue weighted by molar-refractivity contribution is 7.09. The molecular weight excluding hydrogens is 335 g/mol. The summed E-state index contributed by atoms with van der Waals surface area (Å²) in [6.07, 6.45) is 0.848. The Morgan fingerprint density at radius 3 is 2.64 bits per heavy atom. The first-order valence-corrected chi connectivity index (χ1v) is 9.32. The second-order valence-electron chi connectivity index (χ2n) is 7.06. The van der Waals surface area contributed by atoms with Crippen molar-refractivity contribution in [2.75, 3.05) is 13.6 Å². The summed E-state index contributed by atoms with van der Waals surface area (Å²) < 4.78 is 13.6. The molecule has 0 amide bonds. The van der Waals surface area contributed by atoms with Gasteiger partial charge in [-0.15, -0.1) is 11.3 Å². The van der Waals surface area contributed by atoms with E-state index in [0.717, 1.165) is 29.2 Å². The Hall–Kier alpha value is -1.95. The van der Waals surface area contributed by atoms with Crippen LogP contribution in [0.25, 0.3) is 0 Å². The normalized spacial score (nSPS) is 12.3. The van der Waals surface area contributed by atoms with Gasteiger partial charge >= 0.3 is 0 Å². The molecule has 0 radical (unpaired) electrons. The van der Waals surface area contributed by atoms with Crippen LogP contribution >= 0.6 is 11.3 Å². The van der Waals surface area contributed by atoms with E-state index < -0.39 is 0 Å². The van der Waals surface area contributed by atoms with E-state index in [0.29, 0.717) is 18.1 Å². The Labute approximate surface area is 153 Å². The fourth-order valence-electron chi connectivity index (χ4n) is 2.21. The zero-order valence-electron chi connectivity index (χ0n) is 15.6. The lowest BCUT2D eigenvalue weighted by molar-refractivity contribution is 0.570. The number of hydrogen-bond acceptors (Lipinski definition) is 3. The first-order valence-electron chi connectivity index (χ1n) is 8.44. The van der Waals surface area contributed by atoms with Gasteiger partial charge in [0.05, 0.1) is 10.7 Å². The van der Waals surface area contributed by atoms with Crippen molar-refractivity contribution in [2.45, 2.75) is 46.1 Å². The first-order chi connectivity index (χ1) is 11.8. The number of rotatable bonds is 5. The van der Waals surface area contributed by atoms with Crippen molar-refractivity contribution >= 4 is 17.3 Å². The molecule has 0 bridgehead atoms. The SMILES string of the molecule is CN=C(NCCc1nc(C(C)(C)C)cs1)NCc1ccc(C)c(F)c1. The highest BCUT2D eigenvalue weighted by Gasteiger charge is 2.17. The summed E-state index contributed by atoms with van der Waals surface area (Å²) in [5, 5.41) is 9.73. The Bertz CT molecular complexity index is 731. The molecule has 25 heavy (non-hydrogen) atoms. The number of aromatic nitrogens is 1. The van der Waals surface area contributed by atoms with E-state index in [-0.39, 0.29) is 11.2 Å². The summed E-state index contributed by atoms with van der Waals surface area (Å²) in [6, 6.07) is 5.26. The molecule has 0 fully saturated rings. The summed E-state index contributed by atoms with van der Waals surface area (Å²) in [5.41, 5.74) is 2.77. The zero-order valence-corrected chi connectivity index (χ0v) is 16.4. The van der Waals surface area contributed by atoms with Gasteiger partial charge in [-0.25, -0.2) is 9.37 Å². The molecule has 1 heterocycles. The second-order valence-corrected chi connectivity index (χ2v) is 8.01. The van der Waals surface area contributed by atoms with E-state index in [1.54, 1.807) is 37.4 Å². The molecule has 0 saturated heterocycles. The van der Waals surface area contributed by atoms with Crippen LogP contribution < -0.4 is 10.6 Å². The molecule has 6 heteroatoms. The van der Waals surface area contributed by atoms with Crippen molar-refractivity contribution in [3.05, 3.63) is 51.2 Å². The molecule has 0 saturated carbocycles. The highest BCUT2D eigenvalue weighted by atomic mass is 32.1. The summed E-state index contributed by atoms with van der Waals surface area (Å²) in [5.74, 6) is 0.522. The van der Waals surface area contributed by atoms with Crippen LogP contribution in [0.1, 0.15) is 42.6 Å². The summed E-state index contributed by atoms with van der Waals surface area (Å²) in [7, 11) is 1.73. The topological polar surface area (TPSA) is 49.3 Å². The minimum absolute atomic E-state index is 0.0864. The van der Waals surface area contributed by atoms with Gasteiger partial charge in [0.2, 0.25) is 0 Å². The van der Waals surface area contributed by atoms with Crippen molar-refractivity contribution in [1.82, 2.24) is 15.6 Å². The van der Waals surface area contributed by atoms with Gasteiger partial charge in [0.15, 0.2) is 5.96 Å². The zero-order chi connectivity index (χ0) is 18.4. The first kappa shape index (κ1) is 19.4. The van der Waals surface area contributed by atoms with Gasteiger partial charge in [-0.1, -0.05) is 32.9 Å². The van der Waals surface area contributed by atoms with E-state index in [1.165, 1.54) is 0 Å². The summed E-state index contributed by atoms with van der Waals surface area (Å²) >= 11 is 1.70. The molecule has 4 nitrogen and oxygen atoms in total. The largest absolute Gasteiger partial charge is 0.356 e. The second kappa shape index (κ2) is 8.43. The molecule has 2 N–H and O–H groups in total. The molecule has 1 aromatic heterocycles. The molecule has 0 aliphatic heterocycles. The highest BCUT2D eigenvalue weighted by Crippen LogP contribution is 2.23. The van der Waals surface area contributed by atoms with Crippen LogP contribution in [0.5, 0.6) is 0 Å². The number of halogens is 1. The predicted molar refractivity (Wildman–Crippen MR) is 104 cm³/mol. The Morgan fingerprint density at radius 1 is 1.28 bits per heavy atom. The number of thiazole rings is 1. The Kier molecular flexibility index (Phi) is 6.53. The maximum absolute atomic E-state index is 13.6. The van der Waals surface area contributed by atoms with Crippen LogP contribution in [-0.2, 0) is 18.4 Å².